The van der Waals surface area contributed by atoms with Crippen LogP contribution in [0.2, 0.25) is 0 Å². The van der Waals surface area contributed by atoms with Crippen LogP contribution in [0, 0.1) is 5.92 Å². The average Bonchev–Trinajstić information content (AvgIpc) is 3.24. The number of benzene rings is 2. The molecule has 1 atom stereocenters. The molecule has 0 radical (unpaired) electrons. The molecule has 0 saturated carbocycles. The molecular weight excluding hydrogens is 404 g/mol. The van der Waals surface area contributed by atoms with E-state index in [-0.39, 0.29) is 24.2 Å². The van der Waals surface area contributed by atoms with Crippen molar-refractivity contribution < 1.29 is 14.3 Å². The van der Waals surface area contributed by atoms with E-state index in [9.17, 15) is 9.59 Å². The lowest BCUT2D eigenvalue weighted by molar-refractivity contribution is -0.126. The second kappa shape index (κ2) is 10.5. The van der Waals surface area contributed by atoms with Gasteiger partial charge in [0.15, 0.2) is 0 Å². The quantitative estimate of drug-likeness (QED) is 0.644. The minimum atomic E-state index is -0.293. The van der Waals surface area contributed by atoms with Gasteiger partial charge in [-0.2, -0.15) is 0 Å². The first-order valence-corrected chi connectivity index (χ1v) is 11.4. The summed E-state index contributed by atoms with van der Waals surface area (Å²) in [7, 11) is 1.61. The lowest BCUT2D eigenvalue weighted by atomic mass is 10.1. The van der Waals surface area contributed by atoms with E-state index in [4.69, 9.17) is 4.74 Å². The molecule has 2 aromatic rings. The van der Waals surface area contributed by atoms with Crippen LogP contribution in [-0.4, -0.2) is 69.6 Å². The van der Waals surface area contributed by atoms with E-state index in [2.05, 4.69) is 39.4 Å². The fourth-order valence-corrected chi connectivity index (χ4v) is 4.42. The molecule has 0 spiro atoms. The number of para-hydroxylation sites is 1. The Hall–Kier alpha value is -3.06. The molecule has 2 aliphatic rings. The number of anilines is 2. The summed E-state index contributed by atoms with van der Waals surface area (Å²) in [6.07, 6.45) is 1.18. The van der Waals surface area contributed by atoms with Crippen molar-refractivity contribution in [1.82, 2.24) is 10.2 Å². The highest BCUT2D eigenvalue weighted by atomic mass is 16.5. The van der Waals surface area contributed by atoms with Crippen molar-refractivity contribution in [3.05, 3.63) is 54.6 Å². The summed E-state index contributed by atoms with van der Waals surface area (Å²) in [4.78, 5) is 31.6. The number of amides is 2. The lowest BCUT2D eigenvalue weighted by Crippen LogP contribution is -2.47. The number of ether oxygens (including phenoxy) is 1. The van der Waals surface area contributed by atoms with Gasteiger partial charge in [-0.25, -0.2) is 0 Å². The van der Waals surface area contributed by atoms with Crippen molar-refractivity contribution >= 4 is 23.2 Å². The van der Waals surface area contributed by atoms with Crippen molar-refractivity contribution in [1.29, 1.82) is 0 Å². The van der Waals surface area contributed by atoms with Gasteiger partial charge in [0.1, 0.15) is 5.75 Å². The Morgan fingerprint density at radius 2 is 1.72 bits per heavy atom. The fraction of sp³-hybridized carbons (Fsp3) is 0.440. The second-order valence-electron chi connectivity index (χ2n) is 8.41. The minimum Gasteiger partial charge on any atom is -0.497 e. The number of nitrogens with zero attached hydrogens (tertiary/aromatic N) is 3. The first kappa shape index (κ1) is 22.1. The highest BCUT2D eigenvalue weighted by Crippen LogP contribution is 2.27. The van der Waals surface area contributed by atoms with E-state index in [1.807, 2.05) is 30.3 Å². The molecule has 7 nitrogen and oxygen atoms in total. The summed E-state index contributed by atoms with van der Waals surface area (Å²) < 4.78 is 5.17. The molecule has 1 N–H and O–H groups in total. The van der Waals surface area contributed by atoms with Crippen LogP contribution >= 0.6 is 0 Å². The van der Waals surface area contributed by atoms with E-state index in [0.717, 1.165) is 50.6 Å². The van der Waals surface area contributed by atoms with Crippen LogP contribution in [0.25, 0.3) is 0 Å². The molecule has 7 heteroatoms. The number of hydrogen-bond donors (Lipinski definition) is 1. The van der Waals surface area contributed by atoms with Crippen LogP contribution < -0.4 is 19.9 Å². The molecule has 2 aromatic carbocycles. The summed E-state index contributed by atoms with van der Waals surface area (Å²) in [5.41, 5.74) is 2.09. The molecule has 2 heterocycles. The van der Waals surface area contributed by atoms with Crippen molar-refractivity contribution in [3.63, 3.8) is 0 Å². The number of rotatable bonds is 8. The molecule has 2 amide bonds. The molecule has 0 bridgehead atoms. The Labute approximate surface area is 189 Å². The van der Waals surface area contributed by atoms with Gasteiger partial charge < -0.3 is 19.9 Å². The number of methoxy groups -OCH3 is 1. The standard InChI is InChI=1S/C25H32N4O3/c1-32-23-10-8-22(9-11-23)29-19-20(18-24(29)30)25(31)26-12-5-13-27-14-16-28(17-15-27)21-6-3-2-4-7-21/h2-4,6-11,20H,5,12-19H2,1H3,(H,26,31). The third-order valence-corrected chi connectivity index (χ3v) is 6.32. The van der Waals surface area contributed by atoms with Gasteiger partial charge in [0, 0.05) is 57.1 Å². The van der Waals surface area contributed by atoms with E-state index in [1.54, 1.807) is 12.0 Å². The van der Waals surface area contributed by atoms with E-state index in [0.29, 0.717) is 13.1 Å². The van der Waals surface area contributed by atoms with Crippen LogP contribution in [0.15, 0.2) is 54.6 Å². The molecule has 4 rings (SSSR count). The largest absolute Gasteiger partial charge is 0.497 e. The predicted molar refractivity (Wildman–Crippen MR) is 126 cm³/mol. The third-order valence-electron chi connectivity index (χ3n) is 6.32. The molecule has 0 aromatic heterocycles. The van der Waals surface area contributed by atoms with E-state index in [1.165, 1.54) is 5.69 Å². The molecular formula is C25H32N4O3. The highest BCUT2D eigenvalue weighted by molar-refractivity contribution is 6.00. The second-order valence-corrected chi connectivity index (χ2v) is 8.41. The highest BCUT2D eigenvalue weighted by Gasteiger charge is 2.35. The van der Waals surface area contributed by atoms with Gasteiger partial charge in [-0.1, -0.05) is 18.2 Å². The Balaban J connectivity index is 1.15. The first-order chi connectivity index (χ1) is 15.6. The summed E-state index contributed by atoms with van der Waals surface area (Å²) in [6, 6.07) is 17.9. The topological polar surface area (TPSA) is 65.1 Å². The van der Waals surface area contributed by atoms with Crippen LogP contribution in [-0.2, 0) is 9.59 Å². The Morgan fingerprint density at radius 3 is 2.41 bits per heavy atom. The third kappa shape index (κ3) is 5.40. The number of nitrogens with one attached hydrogen (secondary N) is 1. The molecule has 2 aliphatic heterocycles. The number of carbonyl (C=O) groups excluding carboxylic acids is 2. The zero-order valence-electron chi connectivity index (χ0n) is 18.7. The Kier molecular flexibility index (Phi) is 7.27. The maximum atomic E-state index is 12.6. The fourth-order valence-electron chi connectivity index (χ4n) is 4.42. The summed E-state index contributed by atoms with van der Waals surface area (Å²) in [6.45, 7) is 6.19. The van der Waals surface area contributed by atoms with Gasteiger partial charge in [0.2, 0.25) is 11.8 Å². The summed E-state index contributed by atoms with van der Waals surface area (Å²) in [5, 5.41) is 3.03. The van der Waals surface area contributed by atoms with Gasteiger partial charge in [-0.05, 0) is 49.4 Å². The molecule has 1 unspecified atom stereocenters. The van der Waals surface area contributed by atoms with Crippen molar-refractivity contribution in [2.75, 3.05) is 62.7 Å². The number of piperazine rings is 1. The van der Waals surface area contributed by atoms with Crippen molar-refractivity contribution in [2.24, 2.45) is 5.92 Å². The monoisotopic (exact) mass is 436 g/mol. The van der Waals surface area contributed by atoms with Crippen molar-refractivity contribution in [2.45, 2.75) is 12.8 Å². The number of hydrogen-bond acceptors (Lipinski definition) is 5. The summed E-state index contributed by atoms with van der Waals surface area (Å²) in [5.74, 6) is 0.421. The minimum absolute atomic E-state index is 0.00777. The Morgan fingerprint density at radius 1 is 1.00 bits per heavy atom. The smallest absolute Gasteiger partial charge is 0.227 e. The first-order valence-electron chi connectivity index (χ1n) is 11.4. The SMILES string of the molecule is COc1ccc(N2CC(C(=O)NCCCN3CCN(c4ccccc4)CC3)CC2=O)cc1. The molecule has 2 saturated heterocycles. The van der Waals surface area contributed by atoms with Crippen LogP contribution in [0.3, 0.4) is 0 Å². The van der Waals surface area contributed by atoms with E-state index >= 15 is 0 Å². The van der Waals surface area contributed by atoms with Gasteiger partial charge in [0.25, 0.3) is 0 Å². The zero-order chi connectivity index (χ0) is 22.3. The zero-order valence-corrected chi connectivity index (χ0v) is 18.7. The van der Waals surface area contributed by atoms with Crippen molar-refractivity contribution in [3.8, 4) is 5.75 Å². The van der Waals surface area contributed by atoms with Gasteiger partial charge in [0.05, 0.1) is 13.0 Å². The van der Waals surface area contributed by atoms with E-state index < -0.39 is 0 Å². The van der Waals surface area contributed by atoms with Gasteiger partial charge in [-0.15, -0.1) is 0 Å². The van der Waals surface area contributed by atoms with Gasteiger partial charge >= 0.3 is 0 Å². The maximum absolute atomic E-state index is 12.6. The molecule has 170 valence electrons. The number of carbonyl (C=O) groups is 2. The Bertz CT molecular complexity index is 895. The van der Waals surface area contributed by atoms with Crippen LogP contribution in [0.1, 0.15) is 12.8 Å². The van der Waals surface area contributed by atoms with Gasteiger partial charge in [-0.3, -0.25) is 14.5 Å². The molecule has 32 heavy (non-hydrogen) atoms. The molecule has 0 aliphatic carbocycles. The molecule has 2 fully saturated rings. The lowest BCUT2D eigenvalue weighted by Gasteiger charge is -2.36. The van der Waals surface area contributed by atoms with Crippen LogP contribution in [0.5, 0.6) is 5.75 Å². The maximum Gasteiger partial charge on any atom is 0.227 e. The van der Waals surface area contributed by atoms with Crippen LogP contribution in [0.4, 0.5) is 11.4 Å². The normalized spacial score (nSPS) is 19.3. The summed E-state index contributed by atoms with van der Waals surface area (Å²) >= 11 is 0. The predicted octanol–water partition coefficient (Wildman–Crippen LogP) is 2.38. The average molecular weight is 437 g/mol.